The number of nitrogens with zero attached hydrogens (tertiary/aromatic N) is 1. The second-order valence-electron chi connectivity index (χ2n) is 8.63. The highest BCUT2D eigenvalue weighted by atomic mass is 32.2. The fourth-order valence-corrected chi connectivity index (χ4v) is 5.77. The molecule has 9 nitrogen and oxygen atoms in total. The molecule has 0 unspecified atom stereocenters. The number of hydrogen-bond acceptors (Lipinski definition) is 8. The van der Waals surface area contributed by atoms with E-state index in [2.05, 4.69) is 0 Å². The molecular formula is C26H33NO8S. The van der Waals surface area contributed by atoms with Crippen LogP contribution < -0.4 is 0 Å². The van der Waals surface area contributed by atoms with Gasteiger partial charge in [-0.15, -0.1) is 0 Å². The van der Waals surface area contributed by atoms with Crippen LogP contribution in [-0.4, -0.2) is 62.4 Å². The van der Waals surface area contributed by atoms with E-state index in [1.807, 2.05) is 6.92 Å². The Kier molecular flexibility index (Phi) is 8.68. The minimum Gasteiger partial charge on any atom is -0.425 e. The van der Waals surface area contributed by atoms with Gasteiger partial charge < -0.3 is 23.7 Å². The van der Waals surface area contributed by atoms with Crippen LogP contribution in [0.15, 0.2) is 59.5 Å². The molecule has 4 atom stereocenters. The molecular weight excluding hydrogens is 486 g/mol. The summed E-state index contributed by atoms with van der Waals surface area (Å²) in [6.07, 6.45) is -0.986. The average Bonchev–Trinajstić information content (AvgIpc) is 2.83. The molecule has 1 saturated heterocycles. The minimum absolute atomic E-state index is 0.0215. The van der Waals surface area contributed by atoms with Crippen LogP contribution in [0.3, 0.4) is 0 Å². The molecule has 0 spiro atoms. The van der Waals surface area contributed by atoms with Crippen molar-refractivity contribution in [2.45, 2.75) is 63.2 Å². The van der Waals surface area contributed by atoms with Gasteiger partial charge in [-0.05, 0) is 45.4 Å². The van der Waals surface area contributed by atoms with E-state index in [1.165, 1.54) is 19.1 Å². The maximum absolute atomic E-state index is 13.8. The normalized spacial score (nSPS) is 25.4. The lowest BCUT2D eigenvalue weighted by molar-refractivity contribution is -0.417. The van der Waals surface area contributed by atoms with Crippen molar-refractivity contribution < 1.29 is 37.0 Å². The maximum Gasteiger partial charge on any atom is 0.340 e. The molecule has 1 aliphatic rings. The molecule has 1 heterocycles. The number of benzene rings is 2. The molecule has 1 aliphatic heterocycles. The summed E-state index contributed by atoms with van der Waals surface area (Å²) in [5.74, 6) is -3.99. The summed E-state index contributed by atoms with van der Waals surface area (Å²) < 4.78 is 52.2. The van der Waals surface area contributed by atoms with Crippen LogP contribution in [0.1, 0.15) is 44.9 Å². The zero-order chi connectivity index (χ0) is 26.6. The summed E-state index contributed by atoms with van der Waals surface area (Å²) in [5, 5.41) is 0. The van der Waals surface area contributed by atoms with E-state index in [9.17, 15) is 18.0 Å². The zero-order valence-electron chi connectivity index (χ0n) is 21.2. The first-order valence-corrected chi connectivity index (χ1v) is 13.2. The van der Waals surface area contributed by atoms with Crippen molar-refractivity contribution in [1.29, 1.82) is 0 Å². The molecule has 2 aromatic carbocycles. The monoisotopic (exact) mass is 519 g/mol. The molecule has 3 rings (SSSR count). The number of sulfonamides is 1. The fraction of sp³-hybridized carbons (Fsp3) is 0.462. The summed E-state index contributed by atoms with van der Waals surface area (Å²) in [6.45, 7) is 8.34. The Bertz CT molecular complexity index is 1150. The van der Waals surface area contributed by atoms with Gasteiger partial charge in [0, 0.05) is 20.1 Å². The van der Waals surface area contributed by atoms with E-state index in [4.69, 9.17) is 18.9 Å². The third kappa shape index (κ3) is 5.37. The number of esters is 1. The van der Waals surface area contributed by atoms with Gasteiger partial charge in [0.1, 0.15) is 6.29 Å². The average molecular weight is 520 g/mol. The van der Waals surface area contributed by atoms with Crippen LogP contribution in [0.25, 0.3) is 0 Å². The summed E-state index contributed by atoms with van der Waals surface area (Å²) in [6, 6.07) is 13.5. The zero-order valence-corrected chi connectivity index (χ0v) is 22.0. The van der Waals surface area contributed by atoms with Gasteiger partial charge in [-0.3, -0.25) is 0 Å². The van der Waals surface area contributed by atoms with Crippen molar-refractivity contribution in [3.8, 4) is 0 Å². The van der Waals surface area contributed by atoms with Gasteiger partial charge in [-0.25, -0.2) is 13.2 Å². The van der Waals surface area contributed by atoms with Crippen LogP contribution in [0.5, 0.6) is 0 Å². The van der Waals surface area contributed by atoms with Crippen molar-refractivity contribution in [1.82, 2.24) is 4.31 Å². The number of rotatable bonds is 11. The topological polar surface area (TPSA) is 108 Å². The largest absolute Gasteiger partial charge is 0.425 e. The first kappa shape index (κ1) is 27.9. The Balaban J connectivity index is 2.17. The Morgan fingerprint density at radius 1 is 1.00 bits per heavy atom. The second-order valence-corrected chi connectivity index (χ2v) is 10.5. The van der Waals surface area contributed by atoms with Crippen LogP contribution in [-0.2, 0) is 38.6 Å². The molecule has 10 heteroatoms. The van der Waals surface area contributed by atoms with Crippen LogP contribution in [0, 0.1) is 6.92 Å². The number of cyclic esters (lactones) is 1. The first-order valence-electron chi connectivity index (χ1n) is 11.8. The van der Waals surface area contributed by atoms with E-state index in [0.717, 1.165) is 9.87 Å². The number of hydrogen-bond donors (Lipinski definition) is 0. The van der Waals surface area contributed by atoms with E-state index in [1.54, 1.807) is 63.2 Å². The van der Waals surface area contributed by atoms with Crippen molar-refractivity contribution in [2.75, 3.05) is 19.8 Å². The molecule has 0 N–H and O–H groups in total. The summed E-state index contributed by atoms with van der Waals surface area (Å²) in [7, 11) is -4.25. The van der Waals surface area contributed by atoms with E-state index < -0.39 is 46.3 Å². The predicted octanol–water partition coefficient (Wildman–Crippen LogP) is 3.37. The van der Waals surface area contributed by atoms with Gasteiger partial charge in [-0.2, -0.15) is 4.31 Å². The van der Waals surface area contributed by atoms with Gasteiger partial charge in [0.05, 0.1) is 17.5 Å². The molecule has 0 bridgehead atoms. The lowest BCUT2D eigenvalue weighted by Gasteiger charge is -2.50. The van der Waals surface area contributed by atoms with Crippen LogP contribution in [0.2, 0.25) is 0 Å². The standard InChI is InChI=1S/C26H33NO8S/c1-6-32-25(4)26(5,33-7-2)35-24(29)23(34-25)22(20-11-9-8-10-12-20)27(17-18-28)36(30,31)21-15-13-19(3)14-16-21/h8-16,18,22-23H,6-7,17H2,1-5H3/t22-,23-,25+,26+/m1/s1. The third-order valence-electron chi connectivity index (χ3n) is 6.16. The van der Waals surface area contributed by atoms with Gasteiger partial charge >= 0.3 is 5.97 Å². The highest BCUT2D eigenvalue weighted by Crippen LogP contribution is 2.43. The number of aldehydes is 1. The van der Waals surface area contributed by atoms with Crippen LogP contribution in [0.4, 0.5) is 0 Å². The molecule has 0 saturated carbocycles. The Hall–Kier alpha value is -2.63. The summed E-state index contributed by atoms with van der Waals surface area (Å²) >= 11 is 0. The Morgan fingerprint density at radius 3 is 2.14 bits per heavy atom. The molecule has 0 aromatic heterocycles. The van der Waals surface area contributed by atoms with Crippen LogP contribution >= 0.6 is 0 Å². The fourth-order valence-electron chi connectivity index (χ4n) is 4.23. The summed E-state index contributed by atoms with van der Waals surface area (Å²) in [4.78, 5) is 25.2. The van der Waals surface area contributed by atoms with Crippen molar-refractivity contribution >= 4 is 22.3 Å². The smallest absolute Gasteiger partial charge is 0.340 e. The second kappa shape index (κ2) is 11.2. The van der Waals surface area contributed by atoms with Crippen molar-refractivity contribution in [3.63, 3.8) is 0 Å². The van der Waals surface area contributed by atoms with Gasteiger partial charge in [0.2, 0.25) is 15.8 Å². The SMILES string of the molecule is CCO[C@@]1(C)OC(=O)[C@@H]([C@@H](c2ccccc2)N(CC=O)S(=O)(=O)c2ccc(C)cc2)O[C@]1(C)OCC. The molecule has 36 heavy (non-hydrogen) atoms. The highest BCUT2D eigenvalue weighted by molar-refractivity contribution is 7.89. The quantitative estimate of drug-likeness (QED) is 0.328. The first-order chi connectivity index (χ1) is 17.0. The number of carbonyl (C=O) groups is 2. The van der Waals surface area contributed by atoms with Crippen molar-refractivity contribution in [3.05, 3.63) is 65.7 Å². The third-order valence-corrected chi connectivity index (χ3v) is 8.03. The highest BCUT2D eigenvalue weighted by Gasteiger charge is 2.60. The molecule has 2 aromatic rings. The maximum atomic E-state index is 13.8. The molecule has 1 fully saturated rings. The minimum atomic E-state index is -4.25. The summed E-state index contributed by atoms with van der Waals surface area (Å²) in [5.41, 5.74) is 1.31. The van der Waals surface area contributed by atoms with E-state index >= 15 is 0 Å². The predicted molar refractivity (Wildman–Crippen MR) is 131 cm³/mol. The van der Waals surface area contributed by atoms with Gasteiger partial charge in [0.15, 0.2) is 6.10 Å². The Morgan fingerprint density at radius 2 is 1.58 bits per heavy atom. The molecule has 196 valence electrons. The van der Waals surface area contributed by atoms with E-state index in [0.29, 0.717) is 11.8 Å². The lowest BCUT2D eigenvalue weighted by atomic mass is 9.98. The lowest BCUT2D eigenvalue weighted by Crippen LogP contribution is -2.66. The molecule has 0 radical (unpaired) electrons. The molecule has 0 amide bonds. The van der Waals surface area contributed by atoms with Crippen molar-refractivity contribution in [2.24, 2.45) is 0 Å². The number of aryl methyl sites for hydroxylation is 1. The Labute approximate surface area is 212 Å². The number of carbonyl (C=O) groups excluding carboxylic acids is 2. The number of ether oxygens (including phenoxy) is 4. The molecule has 0 aliphatic carbocycles. The van der Waals surface area contributed by atoms with E-state index in [-0.39, 0.29) is 18.1 Å². The van der Waals surface area contributed by atoms with Gasteiger partial charge in [-0.1, -0.05) is 48.0 Å². The van der Waals surface area contributed by atoms with Gasteiger partial charge in [0.25, 0.3) is 5.79 Å².